The van der Waals surface area contributed by atoms with Crippen molar-refractivity contribution in [3.63, 3.8) is 0 Å². The lowest BCUT2D eigenvalue weighted by Crippen LogP contribution is -2.07. The smallest absolute Gasteiger partial charge is 0.0673 e. The van der Waals surface area contributed by atoms with Crippen molar-refractivity contribution in [1.29, 1.82) is 0 Å². The summed E-state index contributed by atoms with van der Waals surface area (Å²) in [6.45, 7) is 2.96. The average molecular weight is 328 g/mol. The Kier molecular flexibility index (Phi) is 4.84. The topological polar surface area (TPSA) is 17.8 Å². The molecule has 0 atom stereocenters. The first-order chi connectivity index (χ1) is 8.76. The fraction of sp³-hybridized carbons (Fsp3) is 0.357. The quantitative estimate of drug-likeness (QED) is 0.745. The van der Waals surface area contributed by atoms with E-state index in [0.29, 0.717) is 5.88 Å². The fourth-order valence-corrected chi connectivity index (χ4v) is 2.65. The molecule has 2 nitrogen and oxygen atoms in total. The van der Waals surface area contributed by atoms with E-state index in [0.717, 1.165) is 29.4 Å². The molecule has 0 saturated heterocycles. The van der Waals surface area contributed by atoms with Gasteiger partial charge >= 0.3 is 0 Å². The molecule has 2 rings (SSSR count). The first kappa shape index (κ1) is 13.6. The third kappa shape index (κ3) is 2.96. The molecule has 96 valence electrons. The van der Waals surface area contributed by atoms with E-state index in [9.17, 15) is 0 Å². The minimum absolute atomic E-state index is 0.533. The molecule has 4 heteroatoms. The Morgan fingerprint density at radius 2 is 2.06 bits per heavy atom. The normalized spacial score (nSPS) is 10.8. The van der Waals surface area contributed by atoms with Crippen LogP contribution in [-0.2, 0) is 18.8 Å². The van der Waals surface area contributed by atoms with E-state index in [1.807, 2.05) is 18.3 Å². The minimum atomic E-state index is 0.533. The number of hydrogen-bond donors (Lipinski definition) is 0. The number of halogens is 2. The highest BCUT2D eigenvalue weighted by Gasteiger charge is 2.10. The summed E-state index contributed by atoms with van der Waals surface area (Å²) in [5, 5.41) is 4.45. The highest BCUT2D eigenvalue weighted by molar-refractivity contribution is 9.10. The summed E-state index contributed by atoms with van der Waals surface area (Å²) in [5.41, 5.74) is 3.63. The molecule has 0 saturated carbocycles. The van der Waals surface area contributed by atoms with Crippen LogP contribution in [0.5, 0.6) is 0 Å². The summed E-state index contributed by atoms with van der Waals surface area (Å²) in [6, 6.07) is 8.24. The van der Waals surface area contributed by atoms with Crippen LogP contribution in [0.1, 0.15) is 30.2 Å². The van der Waals surface area contributed by atoms with Crippen LogP contribution in [0.3, 0.4) is 0 Å². The molecule has 0 radical (unpaired) electrons. The van der Waals surface area contributed by atoms with Gasteiger partial charge in [-0.05, 0) is 18.1 Å². The Morgan fingerprint density at radius 3 is 2.72 bits per heavy atom. The Labute approximate surface area is 121 Å². The van der Waals surface area contributed by atoms with E-state index in [1.54, 1.807) is 0 Å². The van der Waals surface area contributed by atoms with Crippen LogP contribution in [-0.4, -0.2) is 9.78 Å². The Balaban J connectivity index is 2.29. The number of benzene rings is 1. The molecule has 2 aromatic rings. The third-order valence-corrected chi connectivity index (χ3v) is 4.01. The van der Waals surface area contributed by atoms with Crippen molar-refractivity contribution in [2.75, 3.05) is 0 Å². The Morgan fingerprint density at radius 1 is 1.28 bits per heavy atom. The van der Waals surface area contributed by atoms with Crippen molar-refractivity contribution >= 4 is 27.5 Å². The maximum atomic E-state index is 5.95. The maximum absolute atomic E-state index is 5.95. The lowest BCUT2D eigenvalue weighted by Gasteiger charge is -2.09. The lowest BCUT2D eigenvalue weighted by molar-refractivity contribution is 0.634. The van der Waals surface area contributed by atoms with E-state index < -0.39 is 0 Å². The van der Waals surface area contributed by atoms with Crippen molar-refractivity contribution in [3.8, 4) is 0 Å². The van der Waals surface area contributed by atoms with Crippen molar-refractivity contribution in [3.05, 3.63) is 51.8 Å². The van der Waals surface area contributed by atoms with Gasteiger partial charge in [0.2, 0.25) is 0 Å². The number of rotatable bonds is 5. The van der Waals surface area contributed by atoms with Crippen LogP contribution >= 0.6 is 27.5 Å². The Hall–Kier alpha value is -0.800. The molecule has 18 heavy (non-hydrogen) atoms. The first-order valence-electron chi connectivity index (χ1n) is 6.09. The van der Waals surface area contributed by atoms with Gasteiger partial charge in [-0.15, -0.1) is 11.6 Å². The third-order valence-electron chi connectivity index (χ3n) is 2.94. The van der Waals surface area contributed by atoms with Crippen LogP contribution in [0.2, 0.25) is 0 Å². The van der Waals surface area contributed by atoms with Crippen molar-refractivity contribution in [2.24, 2.45) is 0 Å². The molecule has 0 N–H and O–H groups in total. The molecule has 0 spiro atoms. The standard InChI is InChI=1S/C14H16BrClN2/c1-2-5-14-12(8-16)9-17-18(14)10-11-6-3-4-7-13(11)15/h3-4,6-7,9H,2,5,8,10H2,1H3. The van der Waals surface area contributed by atoms with Gasteiger partial charge < -0.3 is 0 Å². The fourth-order valence-electron chi connectivity index (χ4n) is 2.01. The molecule has 1 aromatic carbocycles. The summed E-state index contributed by atoms with van der Waals surface area (Å²) in [5.74, 6) is 0.533. The van der Waals surface area contributed by atoms with Gasteiger partial charge in [-0.3, -0.25) is 4.68 Å². The van der Waals surface area contributed by atoms with Crippen LogP contribution in [0.15, 0.2) is 34.9 Å². The molecule has 0 amide bonds. The molecule has 0 aliphatic carbocycles. The number of alkyl halides is 1. The predicted octanol–water partition coefficient (Wildman–Crippen LogP) is 4.39. The summed E-state index contributed by atoms with van der Waals surface area (Å²) < 4.78 is 3.18. The lowest BCUT2D eigenvalue weighted by atomic mass is 10.1. The second kappa shape index (κ2) is 6.39. The molecule has 0 aliphatic rings. The van der Waals surface area contributed by atoms with E-state index in [2.05, 4.69) is 44.8 Å². The summed E-state index contributed by atoms with van der Waals surface area (Å²) in [6.07, 6.45) is 4.01. The number of nitrogens with zero attached hydrogens (tertiary/aromatic N) is 2. The van der Waals surface area contributed by atoms with Gasteiger partial charge in [0.25, 0.3) is 0 Å². The second-order valence-electron chi connectivity index (χ2n) is 4.25. The number of hydrogen-bond acceptors (Lipinski definition) is 1. The number of aromatic nitrogens is 2. The van der Waals surface area contributed by atoms with Gasteiger partial charge in [0.1, 0.15) is 0 Å². The largest absolute Gasteiger partial charge is 0.265 e. The van der Waals surface area contributed by atoms with Gasteiger partial charge in [-0.1, -0.05) is 47.5 Å². The summed E-state index contributed by atoms with van der Waals surface area (Å²) in [4.78, 5) is 0. The molecular formula is C14H16BrClN2. The van der Waals surface area contributed by atoms with Crippen molar-refractivity contribution in [1.82, 2.24) is 9.78 Å². The molecule has 0 unspecified atom stereocenters. The zero-order chi connectivity index (χ0) is 13.0. The Bertz CT molecular complexity index is 522. The molecule has 0 fully saturated rings. The predicted molar refractivity (Wildman–Crippen MR) is 79.0 cm³/mol. The molecule has 1 aromatic heterocycles. The van der Waals surface area contributed by atoms with Crippen molar-refractivity contribution in [2.45, 2.75) is 32.2 Å². The van der Waals surface area contributed by atoms with Crippen molar-refractivity contribution < 1.29 is 0 Å². The van der Waals surface area contributed by atoms with Gasteiger partial charge in [-0.2, -0.15) is 5.10 Å². The SMILES string of the molecule is CCCc1c(CCl)cnn1Cc1ccccc1Br. The van der Waals surface area contributed by atoms with E-state index in [-0.39, 0.29) is 0 Å². The second-order valence-corrected chi connectivity index (χ2v) is 5.37. The van der Waals surface area contributed by atoms with E-state index in [4.69, 9.17) is 11.6 Å². The van der Waals surface area contributed by atoms with Crippen LogP contribution in [0.4, 0.5) is 0 Å². The first-order valence-corrected chi connectivity index (χ1v) is 7.42. The minimum Gasteiger partial charge on any atom is -0.265 e. The van der Waals surface area contributed by atoms with Gasteiger partial charge in [0, 0.05) is 15.7 Å². The van der Waals surface area contributed by atoms with Gasteiger partial charge in [0.05, 0.1) is 18.6 Å². The maximum Gasteiger partial charge on any atom is 0.0673 e. The van der Waals surface area contributed by atoms with E-state index >= 15 is 0 Å². The highest BCUT2D eigenvalue weighted by atomic mass is 79.9. The van der Waals surface area contributed by atoms with Gasteiger partial charge in [0.15, 0.2) is 0 Å². The zero-order valence-electron chi connectivity index (χ0n) is 10.4. The molecule has 0 aliphatic heterocycles. The molecule has 1 heterocycles. The zero-order valence-corrected chi connectivity index (χ0v) is 12.7. The van der Waals surface area contributed by atoms with Crippen LogP contribution < -0.4 is 0 Å². The van der Waals surface area contributed by atoms with Gasteiger partial charge in [-0.25, -0.2) is 0 Å². The van der Waals surface area contributed by atoms with Crippen LogP contribution in [0.25, 0.3) is 0 Å². The summed E-state index contributed by atoms with van der Waals surface area (Å²) in [7, 11) is 0. The average Bonchev–Trinajstić information content (AvgIpc) is 2.75. The highest BCUT2D eigenvalue weighted by Crippen LogP contribution is 2.20. The summed E-state index contributed by atoms with van der Waals surface area (Å²) >= 11 is 9.53. The van der Waals surface area contributed by atoms with Crippen LogP contribution in [0, 0.1) is 0 Å². The molecule has 0 bridgehead atoms. The molecular weight excluding hydrogens is 312 g/mol. The monoisotopic (exact) mass is 326 g/mol. The van der Waals surface area contributed by atoms with E-state index in [1.165, 1.54) is 11.3 Å².